The predicted octanol–water partition coefficient (Wildman–Crippen LogP) is 1.78. The number of azo groups is 1. The van der Waals surface area contributed by atoms with Gasteiger partial charge in [0.15, 0.2) is 0 Å². The maximum atomic E-state index is 4.45. The fraction of sp³-hybridized carbons (Fsp3) is 0.833. The van der Waals surface area contributed by atoms with Crippen LogP contribution < -0.4 is 5.32 Å². The van der Waals surface area contributed by atoms with Crippen molar-refractivity contribution in [2.75, 3.05) is 26.2 Å². The Kier molecular flexibility index (Phi) is 3.36. The summed E-state index contributed by atoms with van der Waals surface area (Å²) < 4.78 is 0. The minimum absolute atomic E-state index is 0.410. The molecule has 2 aliphatic heterocycles. The highest BCUT2D eigenvalue weighted by molar-refractivity contribution is 6.03. The van der Waals surface area contributed by atoms with E-state index in [1.807, 2.05) is 27.7 Å². The zero-order valence-electron chi connectivity index (χ0n) is 11.6. The fourth-order valence-corrected chi connectivity index (χ4v) is 1.90. The SMILES string of the molecule is CC(C)(N=NC(C)(C)C1=NCCN1)C1=NCC[N-]1. The van der Waals surface area contributed by atoms with Crippen LogP contribution in [0.2, 0.25) is 0 Å². The largest absolute Gasteiger partial charge is 0.467 e. The van der Waals surface area contributed by atoms with Gasteiger partial charge < -0.3 is 15.6 Å². The Bertz CT molecular complexity index is 367. The van der Waals surface area contributed by atoms with Gasteiger partial charge in [0.2, 0.25) is 0 Å². The van der Waals surface area contributed by atoms with Crippen molar-refractivity contribution in [3.63, 3.8) is 0 Å². The van der Waals surface area contributed by atoms with Crippen molar-refractivity contribution in [2.24, 2.45) is 20.2 Å². The van der Waals surface area contributed by atoms with E-state index in [9.17, 15) is 0 Å². The second-order valence-corrected chi connectivity index (χ2v) is 5.56. The minimum atomic E-state index is -0.451. The molecule has 0 saturated carbocycles. The molecule has 0 aromatic heterocycles. The van der Waals surface area contributed by atoms with Crippen molar-refractivity contribution in [3.8, 4) is 0 Å². The Morgan fingerprint density at radius 1 is 1.06 bits per heavy atom. The summed E-state index contributed by atoms with van der Waals surface area (Å²) in [5, 5.41) is 16.5. The van der Waals surface area contributed by atoms with Gasteiger partial charge in [0, 0.05) is 6.54 Å². The van der Waals surface area contributed by atoms with Gasteiger partial charge in [-0.2, -0.15) is 10.2 Å². The third kappa shape index (κ3) is 2.68. The summed E-state index contributed by atoms with van der Waals surface area (Å²) in [5.74, 6) is 1.70. The highest BCUT2D eigenvalue weighted by atomic mass is 15.3. The highest BCUT2D eigenvalue weighted by Crippen LogP contribution is 2.23. The molecule has 2 heterocycles. The van der Waals surface area contributed by atoms with Crippen LogP contribution in [-0.2, 0) is 0 Å². The third-order valence-electron chi connectivity index (χ3n) is 2.97. The second kappa shape index (κ2) is 4.66. The van der Waals surface area contributed by atoms with Crippen LogP contribution in [0.15, 0.2) is 20.2 Å². The van der Waals surface area contributed by atoms with Crippen LogP contribution in [0.25, 0.3) is 5.32 Å². The minimum Gasteiger partial charge on any atom is -0.467 e. The van der Waals surface area contributed by atoms with Crippen LogP contribution in [0.4, 0.5) is 0 Å². The zero-order chi connectivity index (χ0) is 13.2. The third-order valence-corrected chi connectivity index (χ3v) is 2.97. The normalized spacial score (nSPS) is 20.7. The maximum absolute atomic E-state index is 4.45. The number of amidine groups is 2. The van der Waals surface area contributed by atoms with Crippen LogP contribution in [0.1, 0.15) is 27.7 Å². The Balaban J connectivity index is 2.09. The molecule has 18 heavy (non-hydrogen) atoms. The molecular formula is C12H21N6-. The van der Waals surface area contributed by atoms with Crippen molar-refractivity contribution in [1.29, 1.82) is 0 Å². The van der Waals surface area contributed by atoms with Crippen LogP contribution >= 0.6 is 0 Å². The number of hydrogen-bond donors (Lipinski definition) is 1. The van der Waals surface area contributed by atoms with Crippen molar-refractivity contribution >= 4 is 11.7 Å². The molecule has 0 fully saturated rings. The molecule has 2 rings (SSSR count). The van der Waals surface area contributed by atoms with Crippen LogP contribution in [0.5, 0.6) is 0 Å². The number of hydrogen-bond acceptors (Lipinski definition) is 5. The van der Waals surface area contributed by atoms with Gasteiger partial charge in [-0.15, -0.1) is 0 Å². The Morgan fingerprint density at radius 3 is 2.33 bits per heavy atom. The van der Waals surface area contributed by atoms with Crippen LogP contribution in [0, 0.1) is 0 Å². The van der Waals surface area contributed by atoms with Crippen LogP contribution in [0.3, 0.4) is 0 Å². The molecule has 0 unspecified atom stereocenters. The summed E-state index contributed by atoms with van der Waals surface area (Å²) >= 11 is 0. The van der Waals surface area contributed by atoms with Gasteiger partial charge in [0.25, 0.3) is 0 Å². The first-order valence-corrected chi connectivity index (χ1v) is 6.37. The number of rotatable bonds is 4. The number of aliphatic imine (C=N–C) groups is 2. The smallest absolute Gasteiger partial charge is 0.133 e. The van der Waals surface area contributed by atoms with Crippen molar-refractivity contribution in [3.05, 3.63) is 5.32 Å². The standard InChI is InChI=1S/C12H21N6/c1-11(2,9-13-5-6-14-9)17-18-12(3,4)10-15-7-8-16-10/h5-8H2,1-4H3,(H-,13,14,15,16)/q-1. The molecule has 0 aliphatic carbocycles. The average Bonchev–Trinajstić information content (AvgIpc) is 2.99. The van der Waals surface area contributed by atoms with E-state index in [1.165, 1.54) is 0 Å². The number of nitrogens with one attached hydrogen (secondary N) is 1. The molecule has 2 aliphatic rings. The van der Waals surface area contributed by atoms with Crippen molar-refractivity contribution in [2.45, 2.75) is 38.8 Å². The van der Waals surface area contributed by atoms with Gasteiger partial charge in [-0.05, 0) is 27.7 Å². The summed E-state index contributed by atoms with van der Waals surface area (Å²) in [6, 6.07) is 0. The maximum Gasteiger partial charge on any atom is 0.133 e. The Hall–Kier alpha value is -1.46. The molecule has 0 spiro atoms. The molecule has 6 heteroatoms. The Labute approximate surface area is 108 Å². The van der Waals surface area contributed by atoms with E-state index in [1.54, 1.807) is 0 Å². The van der Waals surface area contributed by atoms with Gasteiger partial charge in [-0.1, -0.05) is 18.9 Å². The highest BCUT2D eigenvalue weighted by Gasteiger charge is 2.28. The Morgan fingerprint density at radius 2 is 1.78 bits per heavy atom. The summed E-state index contributed by atoms with van der Waals surface area (Å²) in [5.41, 5.74) is -0.861. The molecule has 1 N–H and O–H groups in total. The van der Waals surface area contributed by atoms with E-state index < -0.39 is 11.1 Å². The quantitative estimate of drug-likeness (QED) is 0.758. The lowest BCUT2D eigenvalue weighted by Crippen LogP contribution is -2.39. The molecule has 0 aromatic rings. The molecule has 6 nitrogen and oxygen atoms in total. The number of nitrogens with zero attached hydrogens (tertiary/aromatic N) is 5. The first-order valence-electron chi connectivity index (χ1n) is 6.37. The van der Waals surface area contributed by atoms with E-state index in [-0.39, 0.29) is 0 Å². The van der Waals surface area contributed by atoms with Gasteiger partial charge in [-0.25, -0.2) is 0 Å². The lowest BCUT2D eigenvalue weighted by Gasteiger charge is -2.28. The summed E-state index contributed by atoms with van der Waals surface area (Å²) in [6.07, 6.45) is 0. The van der Waals surface area contributed by atoms with Gasteiger partial charge in [-0.3, -0.25) is 4.99 Å². The van der Waals surface area contributed by atoms with Crippen molar-refractivity contribution in [1.82, 2.24) is 5.32 Å². The molecular weight excluding hydrogens is 228 g/mol. The zero-order valence-corrected chi connectivity index (χ0v) is 11.6. The molecule has 0 saturated heterocycles. The second-order valence-electron chi connectivity index (χ2n) is 5.56. The topological polar surface area (TPSA) is 75.6 Å². The molecule has 0 amide bonds. The van der Waals surface area contributed by atoms with Gasteiger partial charge in [0.1, 0.15) is 11.4 Å². The van der Waals surface area contributed by atoms with Crippen LogP contribution in [-0.4, -0.2) is 48.9 Å². The predicted molar refractivity (Wildman–Crippen MR) is 73.8 cm³/mol. The lowest BCUT2D eigenvalue weighted by atomic mass is 10.0. The lowest BCUT2D eigenvalue weighted by molar-refractivity contribution is 0.559. The van der Waals surface area contributed by atoms with Gasteiger partial charge in [0.05, 0.1) is 12.1 Å². The fourth-order valence-electron chi connectivity index (χ4n) is 1.90. The van der Waals surface area contributed by atoms with E-state index >= 15 is 0 Å². The molecule has 0 aromatic carbocycles. The first-order chi connectivity index (χ1) is 8.42. The summed E-state index contributed by atoms with van der Waals surface area (Å²) in [6.45, 7) is 11.3. The molecule has 100 valence electrons. The van der Waals surface area contributed by atoms with E-state index in [2.05, 4.69) is 30.8 Å². The summed E-state index contributed by atoms with van der Waals surface area (Å²) in [4.78, 5) is 8.76. The van der Waals surface area contributed by atoms with Crippen molar-refractivity contribution < 1.29 is 0 Å². The molecule has 0 radical (unpaired) electrons. The molecule has 0 atom stereocenters. The summed E-state index contributed by atoms with van der Waals surface area (Å²) in [7, 11) is 0. The average molecular weight is 249 g/mol. The molecule has 0 bridgehead atoms. The van der Waals surface area contributed by atoms with Gasteiger partial charge >= 0.3 is 0 Å². The van der Waals surface area contributed by atoms with E-state index in [4.69, 9.17) is 0 Å². The van der Waals surface area contributed by atoms with E-state index in [0.717, 1.165) is 37.9 Å². The first kappa shape index (κ1) is 13.0. The van der Waals surface area contributed by atoms with E-state index in [0.29, 0.717) is 0 Å². The monoisotopic (exact) mass is 249 g/mol.